The zero-order valence-electron chi connectivity index (χ0n) is 10.1. The van der Waals surface area contributed by atoms with Crippen molar-refractivity contribution in [3.05, 3.63) is 28.8 Å². The van der Waals surface area contributed by atoms with E-state index in [0.717, 1.165) is 12.1 Å². The Morgan fingerprint density at radius 3 is 2.40 bits per heavy atom. The number of sulfonamides is 1. The third-order valence-corrected chi connectivity index (χ3v) is 5.05. The molecule has 9 heteroatoms. The maximum atomic E-state index is 12.6. The Kier molecular flexibility index (Phi) is 4.03. The number of halogens is 4. The lowest BCUT2D eigenvalue weighted by Crippen LogP contribution is -2.50. The molecule has 0 bridgehead atoms. The molecule has 1 fully saturated rings. The minimum Gasteiger partial charge on any atom is -0.328 e. The molecule has 1 aliphatic rings. The van der Waals surface area contributed by atoms with Crippen LogP contribution in [0.1, 0.15) is 18.4 Å². The molecule has 4 nitrogen and oxygen atoms in total. The summed E-state index contributed by atoms with van der Waals surface area (Å²) in [5.74, 6) is 0. The lowest BCUT2D eigenvalue weighted by molar-refractivity contribution is -0.137. The Bertz CT molecular complexity index is 613. The molecule has 0 amide bonds. The predicted octanol–water partition coefficient (Wildman–Crippen LogP) is 2.13. The van der Waals surface area contributed by atoms with Gasteiger partial charge in [0.2, 0.25) is 10.0 Å². The first-order chi connectivity index (χ1) is 9.09. The maximum absolute atomic E-state index is 12.6. The van der Waals surface area contributed by atoms with Crippen LogP contribution in [0.15, 0.2) is 23.1 Å². The maximum Gasteiger partial charge on any atom is 0.416 e. The number of hydrogen-bond donors (Lipinski definition) is 2. The average Bonchev–Trinajstić information content (AvgIpc) is 2.25. The molecule has 0 radical (unpaired) electrons. The van der Waals surface area contributed by atoms with Crippen molar-refractivity contribution in [2.45, 2.75) is 36.0 Å². The Labute approximate surface area is 119 Å². The molecule has 0 aliphatic heterocycles. The van der Waals surface area contributed by atoms with E-state index in [2.05, 4.69) is 4.72 Å². The SMILES string of the molecule is NC1CC(NS(=O)(=O)c2cc(C(F)(F)F)ccc2Cl)C1. The lowest BCUT2D eigenvalue weighted by Gasteiger charge is -2.32. The van der Waals surface area contributed by atoms with E-state index in [1.807, 2.05) is 0 Å². The highest BCUT2D eigenvalue weighted by atomic mass is 35.5. The van der Waals surface area contributed by atoms with Gasteiger partial charge < -0.3 is 5.73 Å². The molecule has 0 heterocycles. The highest BCUT2D eigenvalue weighted by molar-refractivity contribution is 7.89. The van der Waals surface area contributed by atoms with Crippen LogP contribution >= 0.6 is 11.6 Å². The van der Waals surface area contributed by atoms with Crippen LogP contribution in [0.2, 0.25) is 5.02 Å². The molecule has 0 saturated heterocycles. The van der Waals surface area contributed by atoms with E-state index in [1.165, 1.54) is 0 Å². The van der Waals surface area contributed by atoms with E-state index >= 15 is 0 Å². The summed E-state index contributed by atoms with van der Waals surface area (Å²) < 4.78 is 64.2. The van der Waals surface area contributed by atoms with E-state index in [1.54, 1.807) is 0 Å². The third kappa shape index (κ3) is 3.25. The topological polar surface area (TPSA) is 72.2 Å². The molecule has 3 N–H and O–H groups in total. The third-order valence-electron chi connectivity index (χ3n) is 3.04. The van der Waals surface area contributed by atoms with Crippen LogP contribution in [0.5, 0.6) is 0 Å². The van der Waals surface area contributed by atoms with Gasteiger partial charge in [0.05, 0.1) is 10.6 Å². The van der Waals surface area contributed by atoms with Crippen LogP contribution in [0.4, 0.5) is 13.2 Å². The van der Waals surface area contributed by atoms with Gasteiger partial charge in [-0.3, -0.25) is 0 Å². The van der Waals surface area contributed by atoms with Crippen LogP contribution in [-0.2, 0) is 16.2 Å². The van der Waals surface area contributed by atoms with Gasteiger partial charge in [-0.25, -0.2) is 13.1 Å². The quantitative estimate of drug-likeness (QED) is 0.892. The Hall–Kier alpha value is -0.830. The van der Waals surface area contributed by atoms with E-state index in [4.69, 9.17) is 17.3 Å². The molecule has 1 aromatic carbocycles. The summed E-state index contributed by atoms with van der Waals surface area (Å²) in [6.45, 7) is 0. The van der Waals surface area contributed by atoms with Gasteiger partial charge in [-0.2, -0.15) is 13.2 Å². The second kappa shape index (κ2) is 5.18. The second-order valence-electron chi connectivity index (χ2n) is 4.69. The highest BCUT2D eigenvalue weighted by Gasteiger charge is 2.35. The number of nitrogens with one attached hydrogen (secondary N) is 1. The Morgan fingerprint density at radius 2 is 1.90 bits per heavy atom. The lowest BCUT2D eigenvalue weighted by atomic mass is 9.89. The number of benzene rings is 1. The standard InChI is InChI=1S/C11H12ClF3N2O2S/c12-9-2-1-6(11(13,14)15)3-10(9)20(18,19)17-8-4-7(16)5-8/h1-3,7-8,17H,4-5,16H2. The molecule has 0 atom stereocenters. The van der Waals surface area contributed by atoms with Crippen molar-refractivity contribution in [2.24, 2.45) is 5.73 Å². The van der Waals surface area contributed by atoms with Crippen molar-refractivity contribution < 1.29 is 21.6 Å². The van der Waals surface area contributed by atoms with Crippen molar-refractivity contribution in [1.82, 2.24) is 4.72 Å². The predicted molar refractivity (Wildman–Crippen MR) is 67.8 cm³/mol. The summed E-state index contributed by atoms with van der Waals surface area (Å²) in [7, 11) is -4.09. The van der Waals surface area contributed by atoms with Gasteiger partial charge in [0.1, 0.15) is 4.90 Å². The summed E-state index contributed by atoms with van der Waals surface area (Å²) in [4.78, 5) is -0.575. The van der Waals surface area contributed by atoms with Crippen LogP contribution in [0, 0.1) is 0 Å². The average molecular weight is 329 g/mol. The summed E-state index contributed by atoms with van der Waals surface area (Å²) in [5, 5.41) is -0.255. The van der Waals surface area contributed by atoms with Gasteiger partial charge >= 0.3 is 6.18 Å². The first kappa shape index (κ1) is 15.6. The summed E-state index contributed by atoms with van der Waals surface area (Å²) in [6, 6.07) is 1.75. The first-order valence-electron chi connectivity index (χ1n) is 5.74. The first-order valence-corrected chi connectivity index (χ1v) is 7.60. The molecule has 0 aromatic heterocycles. The van der Waals surface area contributed by atoms with E-state index in [-0.39, 0.29) is 17.1 Å². The van der Waals surface area contributed by atoms with E-state index in [9.17, 15) is 21.6 Å². The molecule has 1 aromatic rings. The van der Waals surface area contributed by atoms with Crippen LogP contribution in [-0.4, -0.2) is 20.5 Å². The fourth-order valence-electron chi connectivity index (χ4n) is 1.93. The second-order valence-corrected chi connectivity index (χ2v) is 6.78. The van der Waals surface area contributed by atoms with E-state index < -0.39 is 26.7 Å². The highest BCUT2D eigenvalue weighted by Crippen LogP contribution is 2.33. The van der Waals surface area contributed by atoms with Crippen molar-refractivity contribution in [3.8, 4) is 0 Å². The number of rotatable bonds is 3. The molecule has 112 valence electrons. The summed E-state index contributed by atoms with van der Waals surface area (Å²) >= 11 is 5.69. The number of hydrogen-bond acceptors (Lipinski definition) is 3. The molecule has 20 heavy (non-hydrogen) atoms. The van der Waals surface area contributed by atoms with Gasteiger partial charge in [0, 0.05) is 12.1 Å². The molecular formula is C11H12ClF3N2O2S. The molecule has 0 unspecified atom stereocenters. The molecule has 0 spiro atoms. The van der Waals surface area contributed by atoms with Gasteiger partial charge in [-0.15, -0.1) is 0 Å². The summed E-state index contributed by atoms with van der Waals surface area (Å²) in [6.07, 6.45) is -3.72. The van der Waals surface area contributed by atoms with Gasteiger partial charge in [-0.1, -0.05) is 11.6 Å². The minimum atomic E-state index is -4.63. The Morgan fingerprint density at radius 1 is 1.30 bits per heavy atom. The Balaban J connectivity index is 2.31. The zero-order chi connectivity index (χ0) is 15.1. The van der Waals surface area contributed by atoms with Gasteiger partial charge in [-0.05, 0) is 31.0 Å². The molecule has 2 rings (SSSR count). The van der Waals surface area contributed by atoms with Crippen molar-refractivity contribution in [2.75, 3.05) is 0 Å². The van der Waals surface area contributed by atoms with Gasteiger partial charge in [0.25, 0.3) is 0 Å². The monoisotopic (exact) mass is 328 g/mol. The van der Waals surface area contributed by atoms with Crippen LogP contribution in [0.3, 0.4) is 0 Å². The minimum absolute atomic E-state index is 0.0836. The van der Waals surface area contributed by atoms with Crippen molar-refractivity contribution in [1.29, 1.82) is 0 Å². The number of nitrogens with two attached hydrogens (primary N) is 1. The van der Waals surface area contributed by atoms with Crippen LogP contribution in [0.25, 0.3) is 0 Å². The smallest absolute Gasteiger partial charge is 0.328 e. The fourth-order valence-corrected chi connectivity index (χ4v) is 3.71. The molecule has 1 aliphatic carbocycles. The molecular weight excluding hydrogens is 317 g/mol. The zero-order valence-corrected chi connectivity index (χ0v) is 11.7. The normalized spacial score (nSPS) is 23.4. The number of alkyl halides is 3. The molecule has 1 saturated carbocycles. The fraction of sp³-hybridized carbons (Fsp3) is 0.455. The summed E-state index contributed by atoms with van der Waals surface area (Å²) in [5.41, 5.74) is 4.47. The van der Waals surface area contributed by atoms with Gasteiger partial charge in [0.15, 0.2) is 0 Å². The van der Waals surface area contributed by atoms with Crippen LogP contribution < -0.4 is 10.5 Å². The largest absolute Gasteiger partial charge is 0.416 e. The van der Waals surface area contributed by atoms with Crippen molar-refractivity contribution in [3.63, 3.8) is 0 Å². The van der Waals surface area contributed by atoms with Crippen molar-refractivity contribution >= 4 is 21.6 Å². The van der Waals surface area contributed by atoms with E-state index in [0.29, 0.717) is 18.9 Å².